The highest BCUT2D eigenvalue weighted by atomic mass is 16.3. The van der Waals surface area contributed by atoms with E-state index in [2.05, 4.69) is 42.6 Å². The van der Waals surface area contributed by atoms with Crippen molar-refractivity contribution in [2.75, 3.05) is 19.7 Å². The molecule has 4 N–H and O–H groups in total. The van der Waals surface area contributed by atoms with E-state index >= 15 is 0 Å². The Bertz CT molecular complexity index is 729. The van der Waals surface area contributed by atoms with Crippen LogP contribution in [0.25, 0.3) is 0 Å². The minimum atomic E-state index is -0.507. The van der Waals surface area contributed by atoms with Crippen LogP contribution in [0.2, 0.25) is 0 Å². The van der Waals surface area contributed by atoms with Gasteiger partial charge in [-0.05, 0) is 75.9 Å². The van der Waals surface area contributed by atoms with Gasteiger partial charge in [0.25, 0.3) is 0 Å². The molecular formula is C27H41NO3. The van der Waals surface area contributed by atoms with Crippen LogP contribution in [-0.2, 0) is 6.42 Å². The van der Waals surface area contributed by atoms with Crippen molar-refractivity contribution in [1.82, 2.24) is 5.32 Å². The minimum Gasteiger partial charge on any atom is -0.396 e. The van der Waals surface area contributed by atoms with Crippen molar-refractivity contribution in [3.63, 3.8) is 0 Å². The standard InChI is InChI=1S/C27H41NO3/c1-20-7-5-9-21(15-20)17-24(30)10-11-25-26-18-22(16-23(26)19-27(25)31)8-3-2-4-12-28-13-6-14-29/h5,7,9-11,15-16,23-31H,2-4,6,8,12-14,17-19H2,1H3/t23-,24-,25+,26-,27+/m0/s1. The molecule has 0 bridgehead atoms. The zero-order chi connectivity index (χ0) is 22.1. The number of unbranched alkanes of at least 4 members (excludes halogenated alkanes) is 2. The lowest BCUT2D eigenvalue weighted by Gasteiger charge is -2.19. The van der Waals surface area contributed by atoms with Gasteiger partial charge in [-0.1, -0.05) is 60.1 Å². The second kappa shape index (κ2) is 12.5. The average molecular weight is 428 g/mol. The molecule has 2 aliphatic carbocycles. The average Bonchev–Trinajstić information content (AvgIpc) is 3.24. The molecule has 4 nitrogen and oxygen atoms in total. The van der Waals surface area contributed by atoms with E-state index in [-0.39, 0.29) is 18.6 Å². The van der Waals surface area contributed by atoms with Crippen molar-refractivity contribution in [3.8, 4) is 0 Å². The third-order valence-corrected chi connectivity index (χ3v) is 6.90. The molecule has 3 rings (SSSR count). The molecule has 0 heterocycles. The molecule has 1 fully saturated rings. The molecule has 1 saturated carbocycles. The molecule has 0 saturated heterocycles. The van der Waals surface area contributed by atoms with Gasteiger partial charge in [-0.15, -0.1) is 0 Å². The van der Waals surface area contributed by atoms with Crippen molar-refractivity contribution in [3.05, 3.63) is 59.2 Å². The summed E-state index contributed by atoms with van der Waals surface area (Å²) in [7, 11) is 0. The first-order chi connectivity index (χ1) is 15.1. The number of rotatable bonds is 13. The Morgan fingerprint density at radius 1 is 1.16 bits per heavy atom. The third kappa shape index (κ3) is 7.57. The number of hydrogen-bond donors (Lipinski definition) is 4. The van der Waals surface area contributed by atoms with Crippen molar-refractivity contribution in [1.29, 1.82) is 0 Å². The molecule has 31 heavy (non-hydrogen) atoms. The summed E-state index contributed by atoms with van der Waals surface area (Å²) >= 11 is 0. The molecule has 0 aliphatic heterocycles. The second-order valence-electron chi connectivity index (χ2n) is 9.52. The molecule has 1 aromatic rings. The van der Waals surface area contributed by atoms with Gasteiger partial charge in [-0.25, -0.2) is 0 Å². The van der Waals surface area contributed by atoms with Gasteiger partial charge in [-0.2, -0.15) is 0 Å². The number of nitrogens with one attached hydrogen (secondary N) is 1. The predicted molar refractivity (Wildman–Crippen MR) is 127 cm³/mol. The van der Waals surface area contributed by atoms with Crippen LogP contribution >= 0.6 is 0 Å². The van der Waals surface area contributed by atoms with E-state index in [1.807, 2.05) is 12.1 Å². The Balaban J connectivity index is 1.39. The fourth-order valence-corrected chi connectivity index (χ4v) is 5.30. The highest BCUT2D eigenvalue weighted by molar-refractivity contribution is 5.24. The van der Waals surface area contributed by atoms with E-state index in [1.54, 1.807) is 5.57 Å². The van der Waals surface area contributed by atoms with Crippen LogP contribution < -0.4 is 5.32 Å². The number of aliphatic hydroxyl groups is 3. The smallest absolute Gasteiger partial charge is 0.0761 e. The first kappa shape index (κ1) is 24.2. The van der Waals surface area contributed by atoms with Gasteiger partial charge in [0.2, 0.25) is 0 Å². The molecule has 4 heteroatoms. The van der Waals surface area contributed by atoms with Crippen LogP contribution in [0.1, 0.15) is 56.1 Å². The van der Waals surface area contributed by atoms with Crippen molar-refractivity contribution < 1.29 is 15.3 Å². The van der Waals surface area contributed by atoms with E-state index in [0.717, 1.165) is 37.9 Å². The van der Waals surface area contributed by atoms with Crippen LogP contribution in [0.15, 0.2) is 48.1 Å². The molecule has 5 atom stereocenters. The number of benzene rings is 1. The highest BCUT2D eigenvalue weighted by Gasteiger charge is 2.43. The molecule has 0 spiro atoms. The first-order valence-corrected chi connectivity index (χ1v) is 12.2. The fourth-order valence-electron chi connectivity index (χ4n) is 5.30. The Morgan fingerprint density at radius 3 is 2.81 bits per heavy atom. The molecule has 0 amide bonds. The Morgan fingerprint density at radius 2 is 2.00 bits per heavy atom. The zero-order valence-electron chi connectivity index (χ0n) is 19.0. The lowest BCUT2D eigenvalue weighted by atomic mass is 9.88. The molecule has 0 aromatic heterocycles. The SMILES string of the molecule is Cc1cccc(C[C@@H](O)C=C[C@@H]2[C@H]3CC(CCCCCNCCCO)=C[C@H]3C[C@H]2O)c1. The zero-order valence-corrected chi connectivity index (χ0v) is 19.0. The summed E-state index contributed by atoms with van der Waals surface area (Å²) in [6, 6.07) is 8.28. The maximum Gasteiger partial charge on any atom is 0.0761 e. The summed E-state index contributed by atoms with van der Waals surface area (Å²) in [5, 5.41) is 33.2. The van der Waals surface area contributed by atoms with Gasteiger partial charge in [0.05, 0.1) is 12.2 Å². The Labute approximate surface area is 188 Å². The third-order valence-electron chi connectivity index (χ3n) is 6.90. The van der Waals surface area contributed by atoms with Crippen LogP contribution in [0.3, 0.4) is 0 Å². The molecule has 0 unspecified atom stereocenters. The first-order valence-electron chi connectivity index (χ1n) is 12.2. The topological polar surface area (TPSA) is 72.7 Å². The van der Waals surface area contributed by atoms with Gasteiger partial charge in [0.1, 0.15) is 0 Å². The van der Waals surface area contributed by atoms with Crippen LogP contribution in [0.5, 0.6) is 0 Å². The highest BCUT2D eigenvalue weighted by Crippen LogP contribution is 2.48. The lowest BCUT2D eigenvalue weighted by Crippen LogP contribution is -2.18. The van der Waals surface area contributed by atoms with Gasteiger partial charge in [0, 0.05) is 18.9 Å². The van der Waals surface area contributed by atoms with Crippen LogP contribution in [0.4, 0.5) is 0 Å². The maximum atomic E-state index is 10.6. The van der Waals surface area contributed by atoms with Crippen LogP contribution in [0, 0.1) is 24.7 Å². The van der Waals surface area contributed by atoms with Crippen molar-refractivity contribution in [2.45, 2.75) is 70.5 Å². The van der Waals surface area contributed by atoms with E-state index in [1.165, 1.54) is 31.2 Å². The van der Waals surface area contributed by atoms with E-state index in [9.17, 15) is 10.2 Å². The molecule has 172 valence electrons. The number of aliphatic hydroxyl groups excluding tert-OH is 3. The van der Waals surface area contributed by atoms with E-state index < -0.39 is 6.10 Å². The number of hydrogen-bond acceptors (Lipinski definition) is 4. The predicted octanol–water partition coefficient (Wildman–Crippen LogP) is 3.93. The Kier molecular flexibility index (Phi) is 9.79. The normalized spacial score (nSPS) is 26.4. The lowest BCUT2D eigenvalue weighted by molar-refractivity contribution is 0.140. The van der Waals surface area contributed by atoms with Gasteiger partial charge in [-0.3, -0.25) is 0 Å². The molecule has 2 aliphatic rings. The van der Waals surface area contributed by atoms with Crippen molar-refractivity contribution >= 4 is 0 Å². The molecule has 0 radical (unpaired) electrons. The fraction of sp³-hybridized carbons (Fsp3) is 0.630. The summed E-state index contributed by atoms with van der Waals surface area (Å²) in [5.74, 6) is 1.14. The quantitative estimate of drug-likeness (QED) is 0.284. The molecular weight excluding hydrogens is 386 g/mol. The molecule has 1 aromatic carbocycles. The Hall–Kier alpha value is -1.46. The number of fused-ring (bicyclic) bond motifs is 1. The van der Waals surface area contributed by atoms with E-state index in [4.69, 9.17) is 5.11 Å². The summed E-state index contributed by atoms with van der Waals surface area (Å²) < 4.78 is 0. The largest absolute Gasteiger partial charge is 0.396 e. The minimum absolute atomic E-state index is 0.154. The summed E-state index contributed by atoms with van der Waals surface area (Å²) in [4.78, 5) is 0. The van der Waals surface area contributed by atoms with Gasteiger partial charge < -0.3 is 20.6 Å². The number of aryl methyl sites for hydroxylation is 1. The summed E-state index contributed by atoms with van der Waals surface area (Å²) in [6.07, 6.45) is 13.9. The summed E-state index contributed by atoms with van der Waals surface area (Å²) in [6.45, 7) is 4.28. The van der Waals surface area contributed by atoms with Gasteiger partial charge in [0.15, 0.2) is 0 Å². The van der Waals surface area contributed by atoms with Crippen molar-refractivity contribution in [2.24, 2.45) is 17.8 Å². The van der Waals surface area contributed by atoms with Gasteiger partial charge >= 0.3 is 0 Å². The second-order valence-corrected chi connectivity index (χ2v) is 9.52. The maximum absolute atomic E-state index is 10.6. The van der Waals surface area contributed by atoms with E-state index in [0.29, 0.717) is 18.3 Å². The summed E-state index contributed by atoms with van der Waals surface area (Å²) in [5.41, 5.74) is 3.93. The van der Waals surface area contributed by atoms with Crippen LogP contribution in [-0.4, -0.2) is 47.2 Å². The monoisotopic (exact) mass is 427 g/mol. The number of allylic oxidation sites excluding steroid dienone is 2.